The van der Waals surface area contributed by atoms with Gasteiger partial charge in [0.05, 0.1) is 4.90 Å². The topological polar surface area (TPSA) is 72.5 Å². The molecular formula is C8H6F3NO4S. The maximum atomic E-state index is 12.8. The van der Waals surface area contributed by atoms with Gasteiger partial charge in [0.15, 0.2) is 0 Å². The number of benzene rings is 1. The molecule has 0 fully saturated rings. The number of alkyl halides is 2. The Hall–Kier alpha value is -1.61. The Morgan fingerprint density at radius 3 is 2.24 bits per heavy atom. The summed E-state index contributed by atoms with van der Waals surface area (Å²) in [6, 6.07) is 1.43. The van der Waals surface area contributed by atoms with Gasteiger partial charge in [0.25, 0.3) is 0 Å². The van der Waals surface area contributed by atoms with Crippen LogP contribution in [-0.2, 0) is 19.8 Å². The number of hydrogen-bond donors (Lipinski definition) is 1. The fourth-order valence-corrected chi connectivity index (χ4v) is 1.97. The minimum Gasteiger partial charge on any atom is -0.246 e. The molecule has 0 atom stereocenters. The van der Waals surface area contributed by atoms with Gasteiger partial charge < -0.3 is 0 Å². The average Bonchev–Trinajstić information content (AvgIpc) is 2.27. The Balaban J connectivity index is 3.00. The minimum absolute atomic E-state index is 0.494. The fourth-order valence-electron chi connectivity index (χ4n) is 0.917. The lowest BCUT2D eigenvalue weighted by atomic mass is 10.4. The van der Waals surface area contributed by atoms with E-state index in [0.717, 1.165) is 16.9 Å². The average molecular weight is 269 g/mol. The molecule has 1 rings (SSSR count). The Morgan fingerprint density at radius 2 is 1.76 bits per heavy atom. The highest BCUT2D eigenvalue weighted by molar-refractivity contribution is 7.89. The summed E-state index contributed by atoms with van der Waals surface area (Å²) in [4.78, 5) is 12.1. The van der Waals surface area contributed by atoms with E-state index < -0.39 is 26.9 Å². The number of halogens is 3. The number of rotatable bonds is 4. The normalized spacial score (nSPS) is 12.2. The maximum Gasteiger partial charge on any atom is 0.434 e. The Bertz CT molecular complexity index is 503. The number of carbonyl (C=O) groups is 1. The van der Waals surface area contributed by atoms with E-state index in [2.05, 4.69) is 4.94 Å². The lowest BCUT2D eigenvalue weighted by Gasteiger charge is -2.13. The first kappa shape index (κ1) is 13.5. The molecule has 0 aromatic heterocycles. The van der Waals surface area contributed by atoms with Crippen molar-refractivity contribution in [3.8, 4) is 0 Å². The third-order valence-corrected chi connectivity index (χ3v) is 3.06. The van der Waals surface area contributed by atoms with Gasteiger partial charge in [-0.15, -0.1) is 4.72 Å². The van der Waals surface area contributed by atoms with Crippen molar-refractivity contribution in [3.05, 3.63) is 30.3 Å². The van der Waals surface area contributed by atoms with Crippen LogP contribution in [0.15, 0.2) is 35.2 Å². The molecule has 1 N–H and O–H groups in total. The summed E-state index contributed by atoms with van der Waals surface area (Å²) in [5.41, 5.74) is 0. The molecule has 0 saturated carbocycles. The summed E-state index contributed by atoms with van der Waals surface area (Å²) in [5, 5.41) is 0. The summed E-state index contributed by atoms with van der Waals surface area (Å²) >= 11 is 0. The molecule has 1 aromatic carbocycles. The second kappa shape index (κ2) is 4.72. The maximum absolute atomic E-state index is 12.8. The van der Waals surface area contributed by atoms with Crippen LogP contribution in [0.2, 0.25) is 0 Å². The summed E-state index contributed by atoms with van der Waals surface area (Å²) < 4.78 is 60.3. The molecule has 0 aliphatic rings. The van der Waals surface area contributed by atoms with Crippen LogP contribution < -0.4 is 4.72 Å². The zero-order chi connectivity index (χ0) is 13.1. The summed E-state index contributed by atoms with van der Waals surface area (Å²) in [7, 11) is -4.64. The SMILES string of the molecule is O=C(OF)C(F)(F)NS(=O)(=O)c1ccccc1. The van der Waals surface area contributed by atoms with Crippen molar-refractivity contribution < 1.29 is 31.5 Å². The zero-order valence-corrected chi connectivity index (χ0v) is 8.88. The van der Waals surface area contributed by atoms with Gasteiger partial charge in [-0.3, -0.25) is 0 Å². The second-order valence-electron chi connectivity index (χ2n) is 2.86. The lowest BCUT2D eigenvalue weighted by Crippen LogP contribution is -2.47. The van der Waals surface area contributed by atoms with Gasteiger partial charge >= 0.3 is 12.0 Å². The first-order valence-corrected chi connectivity index (χ1v) is 5.58. The van der Waals surface area contributed by atoms with Gasteiger partial charge in [0, 0.05) is 4.53 Å². The molecule has 0 spiro atoms. The molecule has 0 bridgehead atoms. The van der Waals surface area contributed by atoms with Crippen molar-refractivity contribution in [3.63, 3.8) is 0 Å². The van der Waals surface area contributed by atoms with Gasteiger partial charge in [0.1, 0.15) is 0 Å². The second-order valence-corrected chi connectivity index (χ2v) is 4.54. The van der Waals surface area contributed by atoms with Crippen LogP contribution in [0.5, 0.6) is 0 Å². The van der Waals surface area contributed by atoms with Crippen molar-refractivity contribution in [2.24, 2.45) is 0 Å². The standard InChI is InChI=1S/C8H6F3NO4S/c9-8(10,7(13)16-11)12-17(14,15)6-4-2-1-3-5-6/h1-5,12H. The van der Waals surface area contributed by atoms with E-state index in [0.29, 0.717) is 0 Å². The van der Waals surface area contributed by atoms with Crippen LogP contribution in [0, 0.1) is 0 Å². The van der Waals surface area contributed by atoms with Gasteiger partial charge in [0.2, 0.25) is 10.0 Å². The van der Waals surface area contributed by atoms with E-state index in [9.17, 15) is 26.5 Å². The van der Waals surface area contributed by atoms with Gasteiger partial charge in [-0.2, -0.15) is 8.78 Å². The largest absolute Gasteiger partial charge is 0.434 e. The summed E-state index contributed by atoms with van der Waals surface area (Å²) in [6.07, 6.45) is 0. The molecule has 0 heterocycles. The van der Waals surface area contributed by atoms with Crippen LogP contribution in [0.25, 0.3) is 0 Å². The fraction of sp³-hybridized carbons (Fsp3) is 0.125. The molecule has 0 radical (unpaired) electrons. The number of nitrogens with one attached hydrogen (secondary N) is 1. The van der Waals surface area contributed by atoms with E-state index in [1.54, 1.807) is 0 Å². The predicted molar refractivity (Wildman–Crippen MR) is 48.9 cm³/mol. The zero-order valence-electron chi connectivity index (χ0n) is 8.06. The van der Waals surface area contributed by atoms with Crippen LogP contribution in [-0.4, -0.2) is 20.4 Å². The van der Waals surface area contributed by atoms with Gasteiger partial charge in [-0.1, -0.05) is 18.2 Å². The lowest BCUT2D eigenvalue weighted by molar-refractivity contribution is -0.213. The molecule has 9 heteroatoms. The van der Waals surface area contributed by atoms with Crippen LogP contribution in [0.3, 0.4) is 0 Å². The highest BCUT2D eigenvalue weighted by Crippen LogP contribution is 2.17. The molecule has 5 nitrogen and oxygen atoms in total. The van der Waals surface area contributed by atoms with Crippen LogP contribution in [0.4, 0.5) is 13.3 Å². The Labute approximate surface area is 94.1 Å². The molecule has 1 aromatic rings. The smallest absolute Gasteiger partial charge is 0.246 e. The Kier molecular flexibility index (Phi) is 3.73. The third kappa shape index (κ3) is 3.17. The molecule has 0 aliphatic carbocycles. The molecule has 0 amide bonds. The number of carbonyl (C=O) groups excluding carboxylic acids is 1. The first-order valence-electron chi connectivity index (χ1n) is 4.09. The quantitative estimate of drug-likeness (QED) is 0.827. The highest BCUT2D eigenvalue weighted by Gasteiger charge is 2.46. The highest BCUT2D eigenvalue weighted by atomic mass is 32.2. The Morgan fingerprint density at radius 1 is 1.24 bits per heavy atom. The van der Waals surface area contributed by atoms with E-state index in [4.69, 9.17) is 0 Å². The molecule has 17 heavy (non-hydrogen) atoms. The first-order chi connectivity index (χ1) is 7.79. The van der Waals surface area contributed by atoms with E-state index in [-0.39, 0.29) is 0 Å². The molecule has 0 unspecified atom stereocenters. The van der Waals surface area contributed by atoms with Crippen molar-refractivity contribution in [2.75, 3.05) is 0 Å². The van der Waals surface area contributed by atoms with E-state index in [1.807, 2.05) is 0 Å². The van der Waals surface area contributed by atoms with Crippen LogP contribution >= 0.6 is 0 Å². The van der Waals surface area contributed by atoms with E-state index in [1.165, 1.54) is 18.2 Å². The van der Waals surface area contributed by atoms with Crippen molar-refractivity contribution >= 4 is 16.0 Å². The predicted octanol–water partition coefficient (Wildman–Crippen LogP) is 0.985. The molecular weight excluding hydrogens is 263 g/mol. The molecule has 94 valence electrons. The monoisotopic (exact) mass is 269 g/mol. The van der Waals surface area contributed by atoms with Gasteiger partial charge in [-0.05, 0) is 12.1 Å². The molecule has 0 aliphatic heterocycles. The van der Waals surface area contributed by atoms with Crippen molar-refractivity contribution in [1.29, 1.82) is 0 Å². The van der Waals surface area contributed by atoms with Crippen molar-refractivity contribution in [1.82, 2.24) is 4.72 Å². The summed E-state index contributed by atoms with van der Waals surface area (Å²) in [5.74, 6) is -2.64. The van der Waals surface area contributed by atoms with Crippen LogP contribution in [0.1, 0.15) is 0 Å². The van der Waals surface area contributed by atoms with Crippen molar-refractivity contribution in [2.45, 2.75) is 10.9 Å². The third-order valence-electron chi connectivity index (χ3n) is 1.64. The number of sulfonamides is 1. The summed E-state index contributed by atoms with van der Waals surface area (Å²) in [6.45, 7) is 0. The number of hydrogen-bond acceptors (Lipinski definition) is 4. The van der Waals surface area contributed by atoms with Gasteiger partial charge in [-0.25, -0.2) is 18.2 Å². The molecule has 0 saturated heterocycles. The van der Waals surface area contributed by atoms with E-state index >= 15 is 0 Å². The minimum atomic E-state index is -4.68.